The lowest BCUT2D eigenvalue weighted by Crippen LogP contribution is -2.26. The molecular weight excluding hydrogens is 394 g/mol. The molecule has 0 fully saturated rings. The van der Waals surface area contributed by atoms with Crippen molar-refractivity contribution in [1.29, 1.82) is 0 Å². The molecular formula is C25H25NO5. The number of benzene rings is 2. The summed E-state index contributed by atoms with van der Waals surface area (Å²) in [5.41, 5.74) is 2.95. The minimum absolute atomic E-state index is 0.123. The fourth-order valence-corrected chi connectivity index (χ4v) is 3.53. The van der Waals surface area contributed by atoms with E-state index in [1.54, 1.807) is 32.0 Å². The van der Waals surface area contributed by atoms with E-state index in [4.69, 9.17) is 9.47 Å². The van der Waals surface area contributed by atoms with Crippen molar-refractivity contribution in [3.05, 3.63) is 88.2 Å². The molecule has 3 rings (SSSR count). The van der Waals surface area contributed by atoms with Crippen LogP contribution in [-0.2, 0) is 11.3 Å². The Morgan fingerprint density at radius 3 is 2.26 bits per heavy atom. The Labute approximate surface area is 181 Å². The maximum Gasteiger partial charge on any atom is 0.339 e. The van der Waals surface area contributed by atoms with Crippen LogP contribution in [-0.4, -0.2) is 28.6 Å². The summed E-state index contributed by atoms with van der Waals surface area (Å²) in [6, 6.07) is 16.2. The van der Waals surface area contributed by atoms with E-state index in [0.717, 1.165) is 0 Å². The number of Topliss-reactive ketones (excluding diaryl/α,β-unsaturated/α-hetero) is 2. The van der Waals surface area contributed by atoms with Crippen LogP contribution in [0.3, 0.4) is 0 Å². The number of aromatic amines is 1. The summed E-state index contributed by atoms with van der Waals surface area (Å²) in [5, 5.41) is 0. The number of aryl methyl sites for hydroxylation is 1. The van der Waals surface area contributed by atoms with Crippen LogP contribution >= 0.6 is 0 Å². The normalized spacial score (nSPS) is 11.6. The quantitative estimate of drug-likeness (QED) is 0.417. The fourth-order valence-electron chi connectivity index (χ4n) is 3.53. The summed E-state index contributed by atoms with van der Waals surface area (Å²) in [6.45, 7) is 6.61. The smallest absolute Gasteiger partial charge is 0.339 e. The molecule has 1 atom stereocenters. The zero-order valence-corrected chi connectivity index (χ0v) is 18.0. The van der Waals surface area contributed by atoms with E-state index >= 15 is 0 Å². The molecule has 0 saturated carbocycles. The van der Waals surface area contributed by atoms with Crippen molar-refractivity contribution in [2.75, 3.05) is 0 Å². The van der Waals surface area contributed by atoms with Gasteiger partial charge in [0.1, 0.15) is 12.4 Å². The topological polar surface area (TPSA) is 85.5 Å². The number of hydrogen-bond donors (Lipinski definition) is 1. The summed E-state index contributed by atoms with van der Waals surface area (Å²) >= 11 is 0. The van der Waals surface area contributed by atoms with Gasteiger partial charge < -0.3 is 14.5 Å². The molecule has 0 aliphatic heterocycles. The number of nitrogens with one attached hydrogen (secondary N) is 1. The van der Waals surface area contributed by atoms with E-state index in [0.29, 0.717) is 33.7 Å². The second kappa shape index (κ2) is 9.43. The standard InChI is InChI=1S/C25H25NO5/c1-15-22(17(3)27)16(2)26-23(15)24(28)18(4)31-25(29)21-13-9-8-10-19(21)14-30-20-11-6-5-7-12-20/h5-13,18,26H,14H2,1-4H3/t18-/m1/s1. The maximum atomic E-state index is 12.9. The lowest BCUT2D eigenvalue weighted by molar-refractivity contribution is 0.0314. The highest BCUT2D eigenvalue weighted by Gasteiger charge is 2.27. The van der Waals surface area contributed by atoms with Crippen LogP contribution in [0.15, 0.2) is 54.6 Å². The Kier molecular flexibility index (Phi) is 6.70. The first kappa shape index (κ1) is 22.0. The predicted octanol–water partition coefficient (Wildman–Crippen LogP) is 4.84. The summed E-state index contributed by atoms with van der Waals surface area (Å²) < 4.78 is 11.2. The van der Waals surface area contributed by atoms with Gasteiger partial charge in [-0.1, -0.05) is 36.4 Å². The van der Waals surface area contributed by atoms with Gasteiger partial charge in [-0.05, 0) is 51.5 Å². The highest BCUT2D eigenvalue weighted by Crippen LogP contribution is 2.21. The molecule has 1 aromatic heterocycles. The fraction of sp³-hybridized carbons (Fsp3) is 0.240. The first-order valence-electron chi connectivity index (χ1n) is 10.0. The Morgan fingerprint density at radius 1 is 0.968 bits per heavy atom. The van der Waals surface area contributed by atoms with Crippen molar-refractivity contribution in [3.63, 3.8) is 0 Å². The van der Waals surface area contributed by atoms with Crippen molar-refractivity contribution in [2.24, 2.45) is 0 Å². The van der Waals surface area contributed by atoms with Crippen LogP contribution in [0.25, 0.3) is 0 Å². The number of carbonyl (C=O) groups is 3. The van der Waals surface area contributed by atoms with Gasteiger partial charge in [-0.15, -0.1) is 0 Å². The molecule has 0 unspecified atom stereocenters. The molecule has 0 spiro atoms. The number of H-pyrrole nitrogens is 1. The molecule has 1 N–H and O–H groups in total. The molecule has 0 saturated heterocycles. The number of aromatic nitrogens is 1. The summed E-state index contributed by atoms with van der Waals surface area (Å²) in [7, 11) is 0. The van der Waals surface area contributed by atoms with E-state index in [2.05, 4.69) is 4.98 Å². The molecule has 6 heteroatoms. The number of ketones is 2. The molecule has 160 valence electrons. The first-order chi connectivity index (χ1) is 14.8. The minimum Gasteiger partial charge on any atom is -0.489 e. The Hall–Kier alpha value is -3.67. The van der Waals surface area contributed by atoms with Gasteiger partial charge in [-0.25, -0.2) is 4.79 Å². The van der Waals surface area contributed by atoms with Crippen LogP contribution in [0.1, 0.15) is 61.9 Å². The Bertz CT molecular complexity index is 1110. The van der Waals surface area contributed by atoms with Gasteiger partial charge in [0, 0.05) is 16.8 Å². The van der Waals surface area contributed by atoms with Crippen LogP contribution < -0.4 is 4.74 Å². The predicted molar refractivity (Wildman–Crippen MR) is 117 cm³/mol. The van der Waals surface area contributed by atoms with Gasteiger partial charge in [-0.3, -0.25) is 9.59 Å². The molecule has 31 heavy (non-hydrogen) atoms. The molecule has 3 aromatic rings. The molecule has 0 aliphatic rings. The molecule has 0 amide bonds. The van der Waals surface area contributed by atoms with Gasteiger partial charge in [0.25, 0.3) is 0 Å². The van der Waals surface area contributed by atoms with Gasteiger partial charge in [0.15, 0.2) is 11.9 Å². The van der Waals surface area contributed by atoms with E-state index in [1.165, 1.54) is 13.8 Å². The Balaban J connectivity index is 1.74. The number of rotatable bonds is 8. The van der Waals surface area contributed by atoms with Crippen molar-refractivity contribution in [2.45, 2.75) is 40.4 Å². The van der Waals surface area contributed by atoms with E-state index in [1.807, 2.05) is 36.4 Å². The third-order valence-electron chi connectivity index (χ3n) is 5.06. The van der Waals surface area contributed by atoms with Crippen LogP contribution in [0.5, 0.6) is 5.75 Å². The largest absolute Gasteiger partial charge is 0.489 e. The number of carbonyl (C=O) groups excluding carboxylic acids is 3. The maximum absolute atomic E-state index is 12.9. The average molecular weight is 419 g/mol. The average Bonchev–Trinajstić information content (AvgIpc) is 3.06. The number of ether oxygens (including phenoxy) is 2. The molecule has 1 heterocycles. The van der Waals surface area contributed by atoms with Crippen molar-refractivity contribution < 1.29 is 23.9 Å². The van der Waals surface area contributed by atoms with Crippen LogP contribution in [0.4, 0.5) is 0 Å². The zero-order valence-electron chi connectivity index (χ0n) is 18.0. The molecule has 2 aromatic carbocycles. The highest BCUT2D eigenvalue weighted by atomic mass is 16.5. The summed E-state index contributed by atoms with van der Waals surface area (Å²) in [6.07, 6.45) is -1.02. The van der Waals surface area contributed by atoms with Crippen molar-refractivity contribution in [3.8, 4) is 5.75 Å². The van der Waals surface area contributed by atoms with Crippen LogP contribution in [0.2, 0.25) is 0 Å². The summed E-state index contributed by atoms with van der Waals surface area (Å²) in [5.74, 6) is -0.435. The van der Waals surface area contributed by atoms with Gasteiger partial charge in [-0.2, -0.15) is 0 Å². The van der Waals surface area contributed by atoms with Gasteiger partial charge in [0.2, 0.25) is 5.78 Å². The monoisotopic (exact) mass is 419 g/mol. The third kappa shape index (κ3) is 4.91. The van der Waals surface area contributed by atoms with Crippen molar-refractivity contribution >= 4 is 17.5 Å². The second-order valence-corrected chi connectivity index (χ2v) is 7.35. The SMILES string of the molecule is CC(=O)c1c(C)[nH]c(C(=O)[C@@H](C)OC(=O)c2ccccc2COc2ccccc2)c1C. The summed E-state index contributed by atoms with van der Waals surface area (Å²) in [4.78, 5) is 40.5. The van der Waals surface area contributed by atoms with E-state index in [9.17, 15) is 14.4 Å². The molecule has 0 bridgehead atoms. The Morgan fingerprint density at radius 2 is 1.61 bits per heavy atom. The minimum atomic E-state index is -1.02. The molecule has 6 nitrogen and oxygen atoms in total. The zero-order chi connectivity index (χ0) is 22.5. The lowest BCUT2D eigenvalue weighted by atomic mass is 10.0. The first-order valence-corrected chi connectivity index (χ1v) is 10.0. The number of para-hydroxylation sites is 1. The third-order valence-corrected chi connectivity index (χ3v) is 5.06. The lowest BCUT2D eigenvalue weighted by Gasteiger charge is -2.15. The van der Waals surface area contributed by atoms with E-state index < -0.39 is 12.1 Å². The number of hydrogen-bond acceptors (Lipinski definition) is 5. The van der Waals surface area contributed by atoms with Gasteiger partial charge >= 0.3 is 5.97 Å². The van der Waals surface area contributed by atoms with Crippen molar-refractivity contribution in [1.82, 2.24) is 4.98 Å². The second-order valence-electron chi connectivity index (χ2n) is 7.35. The van der Waals surface area contributed by atoms with Gasteiger partial charge in [0.05, 0.1) is 11.3 Å². The van der Waals surface area contributed by atoms with E-state index in [-0.39, 0.29) is 23.9 Å². The van der Waals surface area contributed by atoms with Crippen LogP contribution in [0, 0.1) is 13.8 Å². The number of esters is 1. The molecule has 0 aliphatic carbocycles. The highest BCUT2D eigenvalue weighted by molar-refractivity contribution is 6.05. The molecule has 0 radical (unpaired) electrons.